The van der Waals surface area contributed by atoms with E-state index >= 15 is 0 Å². The zero-order valence-corrected chi connectivity index (χ0v) is 14.1. The Balaban J connectivity index is 1.96. The first-order valence-corrected chi connectivity index (χ1v) is 8.31. The number of nitrogens with one attached hydrogen (secondary N) is 1. The van der Waals surface area contributed by atoms with Crippen LogP contribution in [0.4, 0.5) is 5.69 Å². The largest absolute Gasteiger partial charge is 0.308 e. The van der Waals surface area contributed by atoms with Crippen LogP contribution in [0.1, 0.15) is 41.3 Å². The molecule has 1 aliphatic rings. The van der Waals surface area contributed by atoms with Gasteiger partial charge >= 0.3 is 0 Å². The first kappa shape index (κ1) is 17.0. The summed E-state index contributed by atoms with van der Waals surface area (Å²) < 4.78 is 0. The van der Waals surface area contributed by atoms with Crippen LogP contribution in [0.25, 0.3) is 6.08 Å². The minimum absolute atomic E-state index is 0.0641. The summed E-state index contributed by atoms with van der Waals surface area (Å²) in [5.74, 6) is -0.340. The molecule has 1 fully saturated rings. The van der Waals surface area contributed by atoms with Crippen molar-refractivity contribution in [2.75, 3.05) is 6.54 Å². The molecule has 1 unspecified atom stereocenters. The predicted octanol–water partition coefficient (Wildman–Crippen LogP) is 3.98. The Hall–Kier alpha value is -2.79. The fourth-order valence-electron chi connectivity index (χ4n) is 3.08. The highest BCUT2D eigenvalue weighted by molar-refractivity contribution is 6.11. The zero-order chi connectivity index (χ0) is 17.9. The van der Waals surface area contributed by atoms with Gasteiger partial charge in [0.2, 0.25) is 0 Å². The summed E-state index contributed by atoms with van der Waals surface area (Å²) in [6, 6.07) is 13.3. The molecule has 0 aliphatic carbocycles. The van der Waals surface area contributed by atoms with Crippen molar-refractivity contribution in [1.82, 2.24) is 5.32 Å². The molecule has 25 heavy (non-hydrogen) atoms. The van der Waals surface area contributed by atoms with Crippen LogP contribution in [0.3, 0.4) is 0 Å². The standard InChI is InChI=1S/C20H20N2O3/c1-20(11-5-13-21-20)12-10-15-8-9-18(22(24)25)17(14-15)19(23)16-6-3-2-4-7-16/h2-4,6-10,12,14,21H,5,11,13H2,1H3. The van der Waals surface area contributed by atoms with E-state index in [9.17, 15) is 14.9 Å². The van der Waals surface area contributed by atoms with E-state index < -0.39 is 4.92 Å². The third-order valence-electron chi connectivity index (χ3n) is 4.54. The molecule has 2 aromatic rings. The lowest BCUT2D eigenvalue weighted by Gasteiger charge is -2.19. The molecule has 0 bridgehead atoms. The molecule has 3 rings (SSSR count). The van der Waals surface area contributed by atoms with Crippen molar-refractivity contribution in [1.29, 1.82) is 0 Å². The number of nitrogens with zero attached hydrogens (tertiary/aromatic N) is 1. The van der Waals surface area contributed by atoms with E-state index in [2.05, 4.69) is 18.3 Å². The van der Waals surface area contributed by atoms with Gasteiger partial charge in [0.15, 0.2) is 5.78 Å². The number of rotatable bonds is 5. The first-order valence-electron chi connectivity index (χ1n) is 8.31. The number of hydrogen-bond acceptors (Lipinski definition) is 4. The number of nitro benzene ring substituents is 1. The van der Waals surface area contributed by atoms with Gasteiger partial charge in [0.25, 0.3) is 5.69 Å². The molecule has 0 amide bonds. The normalized spacial score (nSPS) is 20.0. The average Bonchev–Trinajstić information content (AvgIpc) is 3.07. The van der Waals surface area contributed by atoms with Crippen molar-refractivity contribution in [3.8, 4) is 0 Å². The molecule has 0 aromatic heterocycles. The quantitative estimate of drug-likeness (QED) is 0.509. The Morgan fingerprint density at radius 3 is 2.64 bits per heavy atom. The minimum Gasteiger partial charge on any atom is -0.308 e. The molecule has 2 aromatic carbocycles. The van der Waals surface area contributed by atoms with Crippen molar-refractivity contribution >= 4 is 17.5 Å². The van der Waals surface area contributed by atoms with E-state index in [1.165, 1.54) is 6.07 Å². The monoisotopic (exact) mass is 336 g/mol. The summed E-state index contributed by atoms with van der Waals surface area (Å²) in [7, 11) is 0. The Kier molecular flexibility index (Phi) is 4.76. The Morgan fingerprint density at radius 2 is 2.00 bits per heavy atom. The number of benzene rings is 2. The summed E-state index contributed by atoms with van der Waals surface area (Å²) in [6.45, 7) is 3.11. The highest BCUT2D eigenvalue weighted by Crippen LogP contribution is 2.26. The minimum atomic E-state index is -0.510. The highest BCUT2D eigenvalue weighted by atomic mass is 16.6. The van der Waals surface area contributed by atoms with E-state index in [1.54, 1.807) is 42.5 Å². The van der Waals surface area contributed by atoms with Crippen LogP contribution in [0.2, 0.25) is 0 Å². The molecule has 0 spiro atoms. The summed E-state index contributed by atoms with van der Waals surface area (Å²) in [6.07, 6.45) is 6.16. The maximum Gasteiger partial charge on any atom is 0.280 e. The van der Waals surface area contributed by atoms with E-state index in [0.717, 1.165) is 24.9 Å². The highest BCUT2D eigenvalue weighted by Gasteiger charge is 2.25. The van der Waals surface area contributed by atoms with Crippen molar-refractivity contribution in [3.63, 3.8) is 0 Å². The molecule has 0 saturated carbocycles. The van der Waals surface area contributed by atoms with E-state index in [-0.39, 0.29) is 22.6 Å². The third-order valence-corrected chi connectivity index (χ3v) is 4.54. The van der Waals surface area contributed by atoms with Crippen LogP contribution in [0.5, 0.6) is 0 Å². The summed E-state index contributed by atoms with van der Waals surface area (Å²) in [5.41, 5.74) is 1.10. The maximum atomic E-state index is 12.7. The van der Waals surface area contributed by atoms with Crippen molar-refractivity contribution in [3.05, 3.63) is 81.4 Å². The maximum absolute atomic E-state index is 12.7. The van der Waals surface area contributed by atoms with Gasteiger partial charge < -0.3 is 5.32 Å². The Morgan fingerprint density at radius 1 is 1.24 bits per heavy atom. The Bertz CT molecular complexity index is 822. The fraction of sp³-hybridized carbons (Fsp3) is 0.250. The number of nitro groups is 1. The molecule has 0 radical (unpaired) electrons. The van der Waals surface area contributed by atoms with Gasteiger partial charge in [0.1, 0.15) is 5.56 Å². The van der Waals surface area contributed by atoms with Gasteiger partial charge in [0.05, 0.1) is 4.92 Å². The van der Waals surface area contributed by atoms with Crippen molar-refractivity contribution in [2.45, 2.75) is 25.3 Å². The molecule has 1 atom stereocenters. The van der Waals surface area contributed by atoms with Crippen molar-refractivity contribution < 1.29 is 9.72 Å². The second-order valence-corrected chi connectivity index (χ2v) is 6.51. The van der Waals surface area contributed by atoms with Crippen molar-refractivity contribution in [2.24, 2.45) is 0 Å². The van der Waals surface area contributed by atoms with Crippen LogP contribution in [-0.2, 0) is 0 Å². The average molecular weight is 336 g/mol. The molecular formula is C20H20N2O3. The molecule has 5 heteroatoms. The zero-order valence-electron chi connectivity index (χ0n) is 14.1. The topological polar surface area (TPSA) is 72.2 Å². The number of carbonyl (C=O) groups is 1. The number of hydrogen-bond donors (Lipinski definition) is 1. The van der Waals surface area contributed by atoms with Crippen LogP contribution in [0.15, 0.2) is 54.6 Å². The first-order chi connectivity index (χ1) is 12.0. The lowest BCUT2D eigenvalue weighted by molar-refractivity contribution is -0.385. The summed E-state index contributed by atoms with van der Waals surface area (Å²) in [5, 5.41) is 14.7. The third kappa shape index (κ3) is 3.83. The molecule has 128 valence electrons. The predicted molar refractivity (Wildman–Crippen MR) is 97.6 cm³/mol. The molecular weight excluding hydrogens is 316 g/mol. The second-order valence-electron chi connectivity index (χ2n) is 6.51. The molecule has 1 heterocycles. The van der Waals surface area contributed by atoms with Gasteiger partial charge in [-0.1, -0.05) is 42.5 Å². The van der Waals surface area contributed by atoms with Crippen LogP contribution < -0.4 is 5.32 Å². The number of ketones is 1. The van der Waals surface area contributed by atoms with Crippen LogP contribution in [0, 0.1) is 10.1 Å². The SMILES string of the molecule is CC1(C=Cc2ccc([N+](=O)[O-])c(C(=O)c3ccccc3)c2)CCCN1. The van der Waals surface area contributed by atoms with Crippen LogP contribution in [-0.4, -0.2) is 22.8 Å². The van der Waals surface area contributed by atoms with Crippen LogP contribution >= 0.6 is 0 Å². The smallest absolute Gasteiger partial charge is 0.280 e. The Labute approximate surface area is 146 Å². The lowest BCUT2D eigenvalue weighted by atomic mass is 9.96. The van der Waals surface area contributed by atoms with E-state index in [1.807, 2.05) is 6.08 Å². The summed E-state index contributed by atoms with van der Waals surface area (Å²) in [4.78, 5) is 23.5. The van der Waals surface area contributed by atoms with Gasteiger partial charge in [-0.05, 0) is 44.0 Å². The van der Waals surface area contributed by atoms with E-state index in [4.69, 9.17) is 0 Å². The second kappa shape index (κ2) is 6.99. The molecule has 5 nitrogen and oxygen atoms in total. The van der Waals surface area contributed by atoms with Gasteiger partial charge in [-0.2, -0.15) is 0 Å². The fourth-order valence-corrected chi connectivity index (χ4v) is 3.08. The molecule has 1 aliphatic heterocycles. The number of carbonyl (C=O) groups excluding carboxylic acids is 1. The van der Waals surface area contributed by atoms with E-state index in [0.29, 0.717) is 5.56 Å². The van der Waals surface area contributed by atoms with Gasteiger partial charge in [-0.3, -0.25) is 14.9 Å². The molecule has 1 N–H and O–H groups in total. The van der Waals surface area contributed by atoms with Gasteiger partial charge in [0, 0.05) is 17.2 Å². The molecule has 1 saturated heterocycles. The van der Waals surface area contributed by atoms with Gasteiger partial charge in [-0.15, -0.1) is 0 Å². The van der Waals surface area contributed by atoms with Gasteiger partial charge in [-0.25, -0.2) is 0 Å². The summed E-state index contributed by atoms with van der Waals surface area (Å²) >= 11 is 0. The lowest BCUT2D eigenvalue weighted by Crippen LogP contribution is -2.33.